The number of thiophene rings is 1. The molecule has 0 spiro atoms. The summed E-state index contributed by atoms with van der Waals surface area (Å²) in [6, 6.07) is 2.25. The summed E-state index contributed by atoms with van der Waals surface area (Å²) in [4.78, 5) is 14.6. The minimum absolute atomic E-state index is 0. The van der Waals surface area contributed by atoms with Crippen LogP contribution >= 0.6 is 23.7 Å². The van der Waals surface area contributed by atoms with E-state index in [0.29, 0.717) is 6.42 Å². The van der Waals surface area contributed by atoms with Gasteiger partial charge in [-0.25, -0.2) is 0 Å². The third-order valence-corrected chi connectivity index (χ3v) is 4.67. The normalized spacial score (nSPS) is 14.3. The smallest absolute Gasteiger partial charge is 0.220 e. The largest absolute Gasteiger partial charge is 0.352 e. The van der Waals surface area contributed by atoms with Gasteiger partial charge in [0, 0.05) is 29.3 Å². The first-order valence-electron chi connectivity index (χ1n) is 7.36. The lowest BCUT2D eigenvalue weighted by Gasteiger charge is -2.14. The van der Waals surface area contributed by atoms with Crippen LogP contribution in [0.25, 0.3) is 0 Å². The molecule has 0 fully saturated rings. The van der Waals surface area contributed by atoms with Gasteiger partial charge in [0.05, 0.1) is 0 Å². The van der Waals surface area contributed by atoms with E-state index in [2.05, 4.69) is 36.6 Å². The summed E-state index contributed by atoms with van der Waals surface area (Å²) < 4.78 is 0. The SMILES string of the molecule is Cc1cc(CCCC(=O)NCC2=CCNCC2)c(C)s1.Cl. The monoisotopic (exact) mass is 328 g/mol. The van der Waals surface area contributed by atoms with Crippen molar-refractivity contribution in [2.45, 2.75) is 39.5 Å². The molecule has 1 amide bonds. The molecule has 0 saturated heterocycles. The average Bonchev–Trinajstić information content (AvgIpc) is 2.76. The second-order valence-corrected chi connectivity index (χ2v) is 6.85. The molecule has 0 aliphatic carbocycles. The fraction of sp³-hybridized carbons (Fsp3) is 0.562. The van der Waals surface area contributed by atoms with E-state index in [1.807, 2.05) is 11.3 Å². The molecule has 1 aliphatic heterocycles. The van der Waals surface area contributed by atoms with Crippen molar-refractivity contribution >= 4 is 29.7 Å². The Kier molecular flexibility index (Phi) is 8.01. The first-order valence-corrected chi connectivity index (χ1v) is 8.18. The van der Waals surface area contributed by atoms with Crippen molar-refractivity contribution < 1.29 is 4.79 Å². The van der Waals surface area contributed by atoms with E-state index in [9.17, 15) is 4.79 Å². The van der Waals surface area contributed by atoms with E-state index in [1.54, 1.807) is 0 Å². The highest BCUT2D eigenvalue weighted by molar-refractivity contribution is 7.12. The van der Waals surface area contributed by atoms with Gasteiger partial charge in [-0.3, -0.25) is 4.79 Å². The molecule has 2 rings (SSSR count). The summed E-state index contributed by atoms with van der Waals surface area (Å²) in [6.45, 7) is 6.98. The summed E-state index contributed by atoms with van der Waals surface area (Å²) in [5.41, 5.74) is 2.75. The molecular weight excluding hydrogens is 304 g/mol. The standard InChI is InChI=1S/C16H24N2OS.ClH/c1-12-10-15(13(2)20-12)4-3-5-16(19)18-11-14-6-8-17-9-7-14;/h6,10,17H,3-5,7-9,11H2,1-2H3,(H,18,19);1H. The quantitative estimate of drug-likeness (QED) is 0.788. The molecule has 0 aromatic carbocycles. The first-order chi connectivity index (χ1) is 9.65. The van der Waals surface area contributed by atoms with Crippen LogP contribution in [0.5, 0.6) is 0 Å². The number of rotatable bonds is 6. The molecule has 0 unspecified atom stereocenters. The number of carbonyl (C=O) groups excluding carboxylic acids is 1. The van der Waals surface area contributed by atoms with Crippen LogP contribution in [0.15, 0.2) is 17.7 Å². The van der Waals surface area contributed by atoms with Gasteiger partial charge < -0.3 is 10.6 Å². The van der Waals surface area contributed by atoms with Crippen LogP contribution < -0.4 is 10.6 Å². The van der Waals surface area contributed by atoms with Gasteiger partial charge in [0.1, 0.15) is 0 Å². The highest BCUT2D eigenvalue weighted by Gasteiger charge is 2.07. The number of amides is 1. The molecule has 1 aliphatic rings. The van der Waals surface area contributed by atoms with Crippen molar-refractivity contribution in [2.75, 3.05) is 19.6 Å². The van der Waals surface area contributed by atoms with Gasteiger partial charge in [-0.05, 0) is 51.3 Å². The van der Waals surface area contributed by atoms with Crippen molar-refractivity contribution in [1.82, 2.24) is 10.6 Å². The third-order valence-electron chi connectivity index (χ3n) is 3.66. The molecule has 21 heavy (non-hydrogen) atoms. The molecule has 2 N–H and O–H groups in total. The maximum Gasteiger partial charge on any atom is 0.220 e. The Morgan fingerprint density at radius 3 is 2.86 bits per heavy atom. The van der Waals surface area contributed by atoms with Gasteiger partial charge >= 0.3 is 0 Å². The van der Waals surface area contributed by atoms with E-state index in [1.165, 1.54) is 20.9 Å². The van der Waals surface area contributed by atoms with Gasteiger partial charge in [-0.15, -0.1) is 23.7 Å². The number of nitrogens with one attached hydrogen (secondary N) is 2. The minimum Gasteiger partial charge on any atom is -0.352 e. The topological polar surface area (TPSA) is 41.1 Å². The fourth-order valence-electron chi connectivity index (χ4n) is 2.50. The van der Waals surface area contributed by atoms with Crippen LogP contribution in [0.3, 0.4) is 0 Å². The number of aryl methyl sites for hydroxylation is 3. The molecule has 118 valence electrons. The maximum atomic E-state index is 11.8. The molecule has 5 heteroatoms. The molecule has 1 aromatic heterocycles. The Balaban J connectivity index is 0.00000220. The van der Waals surface area contributed by atoms with E-state index in [0.717, 1.165) is 38.9 Å². The zero-order valence-electron chi connectivity index (χ0n) is 12.8. The lowest BCUT2D eigenvalue weighted by molar-refractivity contribution is -0.121. The number of hydrogen-bond donors (Lipinski definition) is 2. The van der Waals surface area contributed by atoms with Crippen LogP contribution in [0.2, 0.25) is 0 Å². The Hall–Kier alpha value is -0.840. The van der Waals surface area contributed by atoms with E-state index in [4.69, 9.17) is 0 Å². The minimum atomic E-state index is 0. The fourth-order valence-corrected chi connectivity index (χ4v) is 3.48. The Morgan fingerprint density at radius 1 is 1.43 bits per heavy atom. The van der Waals surface area contributed by atoms with Gasteiger partial charge in [0.2, 0.25) is 5.91 Å². The summed E-state index contributed by atoms with van der Waals surface area (Å²) >= 11 is 1.84. The second kappa shape index (κ2) is 9.23. The molecule has 3 nitrogen and oxygen atoms in total. The molecule has 0 atom stereocenters. The molecule has 0 saturated carbocycles. The van der Waals surface area contributed by atoms with Crippen LogP contribution in [0.1, 0.15) is 34.6 Å². The van der Waals surface area contributed by atoms with Crippen LogP contribution in [-0.4, -0.2) is 25.5 Å². The van der Waals surface area contributed by atoms with E-state index in [-0.39, 0.29) is 18.3 Å². The maximum absolute atomic E-state index is 11.8. The van der Waals surface area contributed by atoms with E-state index >= 15 is 0 Å². The van der Waals surface area contributed by atoms with Crippen molar-refractivity contribution in [2.24, 2.45) is 0 Å². The van der Waals surface area contributed by atoms with Crippen molar-refractivity contribution in [3.05, 3.63) is 33.0 Å². The highest BCUT2D eigenvalue weighted by Crippen LogP contribution is 2.22. The Bertz CT molecular complexity index is 496. The third kappa shape index (κ3) is 6.20. The first kappa shape index (κ1) is 18.2. The zero-order chi connectivity index (χ0) is 14.4. The molecule has 1 aromatic rings. The number of carbonyl (C=O) groups is 1. The van der Waals surface area contributed by atoms with E-state index < -0.39 is 0 Å². The lowest BCUT2D eigenvalue weighted by atomic mass is 10.1. The predicted octanol–water partition coefficient (Wildman–Crippen LogP) is 3.15. The molecule has 0 radical (unpaired) electrons. The Labute approximate surface area is 137 Å². The van der Waals surface area contributed by atoms with Crippen LogP contribution in [0.4, 0.5) is 0 Å². The molecular formula is C16H25ClN2OS. The highest BCUT2D eigenvalue weighted by atomic mass is 35.5. The van der Waals surface area contributed by atoms with Crippen LogP contribution in [-0.2, 0) is 11.2 Å². The molecule has 2 heterocycles. The number of hydrogen-bond acceptors (Lipinski definition) is 3. The van der Waals surface area contributed by atoms with Crippen molar-refractivity contribution in [3.63, 3.8) is 0 Å². The van der Waals surface area contributed by atoms with Gasteiger partial charge in [0.25, 0.3) is 0 Å². The lowest BCUT2D eigenvalue weighted by Crippen LogP contribution is -2.29. The summed E-state index contributed by atoms with van der Waals surface area (Å²) in [7, 11) is 0. The van der Waals surface area contributed by atoms with Gasteiger partial charge in [-0.1, -0.05) is 11.6 Å². The average molecular weight is 329 g/mol. The Morgan fingerprint density at radius 2 is 2.24 bits per heavy atom. The summed E-state index contributed by atoms with van der Waals surface area (Å²) in [6.07, 6.45) is 5.80. The van der Waals surface area contributed by atoms with Gasteiger partial charge in [0.15, 0.2) is 0 Å². The predicted molar refractivity (Wildman–Crippen MR) is 92.6 cm³/mol. The second-order valence-electron chi connectivity index (χ2n) is 5.39. The summed E-state index contributed by atoms with van der Waals surface area (Å²) in [5.74, 6) is 0.175. The zero-order valence-corrected chi connectivity index (χ0v) is 14.5. The van der Waals surface area contributed by atoms with Gasteiger partial charge in [-0.2, -0.15) is 0 Å². The molecule has 0 bridgehead atoms. The van der Waals surface area contributed by atoms with Crippen molar-refractivity contribution in [1.29, 1.82) is 0 Å². The number of halogens is 1. The van der Waals surface area contributed by atoms with Crippen LogP contribution in [0, 0.1) is 13.8 Å². The van der Waals surface area contributed by atoms with Crippen molar-refractivity contribution in [3.8, 4) is 0 Å². The summed E-state index contributed by atoms with van der Waals surface area (Å²) in [5, 5.41) is 6.30.